The van der Waals surface area contributed by atoms with Crippen molar-refractivity contribution in [2.75, 3.05) is 25.2 Å². The van der Waals surface area contributed by atoms with Gasteiger partial charge in [0.1, 0.15) is 4.90 Å². The van der Waals surface area contributed by atoms with E-state index in [-0.39, 0.29) is 21.6 Å². The summed E-state index contributed by atoms with van der Waals surface area (Å²) >= 11 is 7.26. The third-order valence-electron chi connectivity index (χ3n) is 4.17. The quantitative estimate of drug-likeness (QED) is 0.538. The van der Waals surface area contributed by atoms with E-state index in [4.69, 9.17) is 11.6 Å². The number of aromatic nitrogens is 3. The summed E-state index contributed by atoms with van der Waals surface area (Å²) < 4.78 is 27.6. The highest BCUT2D eigenvalue weighted by atomic mass is 35.5. The number of hydrogen-bond acceptors (Lipinski definition) is 6. The SMILES string of the molecule is CN(C)S(=O)(=O)c1cc(NC(=O)CSc2nnc(-c3ccccc3)n2C)ccc1Cl. The lowest BCUT2D eigenvalue weighted by Crippen LogP contribution is -2.23. The van der Waals surface area contributed by atoms with E-state index >= 15 is 0 Å². The number of nitrogens with zero attached hydrogens (tertiary/aromatic N) is 4. The number of carbonyl (C=O) groups excluding carboxylic acids is 1. The maximum Gasteiger partial charge on any atom is 0.244 e. The lowest BCUT2D eigenvalue weighted by atomic mass is 10.2. The molecular weight excluding hydrogens is 446 g/mol. The Morgan fingerprint density at radius 1 is 1.17 bits per heavy atom. The van der Waals surface area contributed by atoms with Gasteiger partial charge in [-0.3, -0.25) is 4.79 Å². The molecule has 1 N–H and O–H groups in total. The number of amides is 1. The minimum atomic E-state index is -3.73. The second kappa shape index (κ2) is 9.17. The summed E-state index contributed by atoms with van der Waals surface area (Å²) in [5.41, 5.74) is 1.27. The predicted molar refractivity (Wildman–Crippen MR) is 118 cm³/mol. The zero-order valence-corrected chi connectivity index (χ0v) is 18.9. The summed E-state index contributed by atoms with van der Waals surface area (Å²) in [5.74, 6) is 0.480. The van der Waals surface area contributed by atoms with Gasteiger partial charge in [0.25, 0.3) is 0 Å². The monoisotopic (exact) mass is 465 g/mol. The molecule has 2 aromatic carbocycles. The lowest BCUT2D eigenvalue weighted by Gasteiger charge is -2.14. The number of halogens is 1. The van der Waals surface area contributed by atoms with Crippen LogP contribution in [0, 0.1) is 0 Å². The summed E-state index contributed by atoms with van der Waals surface area (Å²) in [6.07, 6.45) is 0. The van der Waals surface area contributed by atoms with Gasteiger partial charge >= 0.3 is 0 Å². The van der Waals surface area contributed by atoms with Gasteiger partial charge in [0.2, 0.25) is 15.9 Å². The highest BCUT2D eigenvalue weighted by Gasteiger charge is 2.21. The van der Waals surface area contributed by atoms with E-state index in [1.54, 1.807) is 6.07 Å². The van der Waals surface area contributed by atoms with Crippen LogP contribution in [-0.4, -0.2) is 53.2 Å². The Bertz CT molecular complexity index is 1160. The topological polar surface area (TPSA) is 97.2 Å². The van der Waals surface area contributed by atoms with Crippen LogP contribution in [0.1, 0.15) is 0 Å². The summed E-state index contributed by atoms with van der Waals surface area (Å²) in [7, 11) is 0.936. The molecule has 0 aliphatic carbocycles. The average molecular weight is 466 g/mol. The Morgan fingerprint density at radius 3 is 2.53 bits per heavy atom. The minimum absolute atomic E-state index is 0.0691. The molecule has 0 aliphatic rings. The van der Waals surface area contributed by atoms with Crippen LogP contribution < -0.4 is 5.32 Å². The first-order valence-corrected chi connectivity index (χ1v) is 11.6. The van der Waals surface area contributed by atoms with Crippen LogP contribution in [0.3, 0.4) is 0 Å². The standard InChI is InChI=1S/C19H20ClN5O3S2/c1-24(2)30(27,28)16-11-14(9-10-15(16)20)21-17(26)12-29-19-23-22-18(25(19)3)13-7-5-4-6-8-13/h4-11H,12H2,1-3H3,(H,21,26). The molecule has 3 rings (SSSR count). The van der Waals surface area contributed by atoms with E-state index in [2.05, 4.69) is 15.5 Å². The summed E-state index contributed by atoms with van der Waals surface area (Å²) in [6.45, 7) is 0. The number of anilines is 1. The largest absolute Gasteiger partial charge is 0.325 e. The van der Waals surface area contributed by atoms with Gasteiger partial charge in [0.05, 0.1) is 10.8 Å². The fraction of sp³-hybridized carbons (Fsp3) is 0.211. The zero-order valence-electron chi connectivity index (χ0n) is 16.5. The van der Waals surface area contributed by atoms with Crippen molar-refractivity contribution in [1.29, 1.82) is 0 Å². The average Bonchev–Trinajstić information content (AvgIpc) is 3.08. The van der Waals surface area contributed by atoms with E-state index < -0.39 is 10.0 Å². The Morgan fingerprint density at radius 2 is 1.87 bits per heavy atom. The lowest BCUT2D eigenvalue weighted by molar-refractivity contribution is -0.113. The molecule has 3 aromatic rings. The predicted octanol–water partition coefficient (Wildman–Crippen LogP) is 3.12. The molecule has 11 heteroatoms. The van der Waals surface area contributed by atoms with Crippen molar-refractivity contribution >= 4 is 45.0 Å². The molecule has 0 bridgehead atoms. The maximum absolute atomic E-state index is 12.4. The maximum atomic E-state index is 12.4. The molecule has 1 amide bonds. The van der Waals surface area contributed by atoms with Crippen LogP contribution in [0.2, 0.25) is 5.02 Å². The van der Waals surface area contributed by atoms with Crippen molar-refractivity contribution in [3.8, 4) is 11.4 Å². The van der Waals surface area contributed by atoms with Crippen molar-refractivity contribution in [2.24, 2.45) is 7.05 Å². The van der Waals surface area contributed by atoms with E-state index in [0.29, 0.717) is 16.7 Å². The highest BCUT2D eigenvalue weighted by Crippen LogP contribution is 2.27. The molecule has 0 unspecified atom stereocenters. The number of hydrogen-bond donors (Lipinski definition) is 1. The summed E-state index contributed by atoms with van der Waals surface area (Å²) in [5, 5.41) is 11.7. The Hall–Kier alpha value is -2.40. The zero-order chi connectivity index (χ0) is 21.9. The Labute approximate surface area is 184 Å². The van der Waals surface area contributed by atoms with Gasteiger partial charge in [-0.2, -0.15) is 0 Å². The normalized spacial score (nSPS) is 11.6. The second-order valence-electron chi connectivity index (χ2n) is 6.50. The number of carbonyl (C=O) groups is 1. The smallest absolute Gasteiger partial charge is 0.244 e. The van der Waals surface area contributed by atoms with Crippen molar-refractivity contribution in [3.63, 3.8) is 0 Å². The first kappa shape index (κ1) is 22.3. The molecule has 1 heterocycles. The number of benzene rings is 2. The van der Waals surface area contributed by atoms with Crippen molar-refractivity contribution in [1.82, 2.24) is 19.1 Å². The first-order chi connectivity index (χ1) is 14.2. The van der Waals surface area contributed by atoms with Crippen molar-refractivity contribution < 1.29 is 13.2 Å². The fourth-order valence-electron chi connectivity index (χ4n) is 2.58. The third kappa shape index (κ3) is 4.84. The highest BCUT2D eigenvalue weighted by molar-refractivity contribution is 7.99. The number of nitrogens with one attached hydrogen (secondary N) is 1. The molecule has 0 saturated carbocycles. The van der Waals surface area contributed by atoms with Crippen LogP contribution >= 0.6 is 23.4 Å². The molecule has 0 fully saturated rings. The Balaban J connectivity index is 1.68. The number of sulfonamides is 1. The van der Waals surface area contributed by atoms with Crippen LogP contribution in [0.5, 0.6) is 0 Å². The van der Waals surface area contributed by atoms with E-state index in [9.17, 15) is 13.2 Å². The van der Waals surface area contributed by atoms with Crippen molar-refractivity contribution in [3.05, 3.63) is 53.6 Å². The van der Waals surface area contributed by atoms with Crippen LogP contribution in [0.4, 0.5) is 5.69 Å². The molecule has 0 atom stereocenters. The summed E-state index contributed by atoms with van der Waals surface area (Å²) in [4.78, 5) is 12.3. The number of thioether (sulfide) groups is 1. The van der Waals surface area contributed by atoms with E-state index in [1.807, 2.05) is 41.9 Å². The van der Waals surface area contributed by atoms with Gasteiger partial charge in [0, 0.05) is 32.4 Å². The van der Waals surface area contributed by atoms with Gasteiger partial charge in [-0.25, -0.2) is 12.7 Å². The third-order valence-corrected chi connectivity index (χ3v) is 7.49. The van der Waals surface area contributed by atoms with Crippen LogP contribution in [-0.2, 0) is 21.9 Å². The fourth-order valence-corrected chi connectivity index (χ4v) is 4.69. The van der Waals surface area contributed by atoms with Crippen LogP contribution in [0.25, 0.3) is 11.4 Å². The van der Waals surface area contributed by atoms with Crippen LogP contribution in [0.15, 0.2) is 58.6 Å². The van der Waals surface area contributed by atoms with Gasteiger partial charge < -0.3 is 9.88 Å². The molecule has 0 aliphatic heterocycles. The van der Waals surface area contributed by atoms with Gasteiger partial charge in [0.15, 0.2) is 11.0 Å². The summed E-state index contributed by atoms with van der Waals surface area (Å²) in [6, 6.07) is 14.0. The van der Waals surface area contributed by atoms with Gasteiger partial charge in [-0.05, 0) is 18.2 Å². The molecular formula is C19H20ClN5O3S2. The molecule has 158 valence electrons. The van der Waals surface area contributed by atoms with Gasteiger partial charge in [-0.1, -0.05) is 53.7 Å². The van der Waals surface area contributed by atoms with E-state index in [0.717, 1.165) is 9.87 Å². The second-order valence-corrected chi connectivity index (χ2v) is 9.97. The first-order valence-electron chi connectivity index (χ1n) is 8.79. The molecule has 1 aromatic heterocycles. The Kier molecular flexibility index (Phi) is 6.81. The molecule has 30 heavy (non-hydrogen) atoms. The van der Waals surface area contributed by atoms with E-state index in [1.165, 1.54) is 38.0 Å². The number of rotatable bonds is 7. The van der Waals surface area contributed by atoms with Crippen molar-refractivity contribution in [2.45, 2.75) is 10.1 Å². The molecule has 0 spiro atoms. The van der Waals surface area contributed by atoms with Gasteiger partial charge in [-0.15, -0.1) is 10.2 Å². The molecule has 8 nitrogen and oxygen atoms in total. The molecule has 0 radical (unpaired) electrons. The minimum Gasteiger partial charge on any atom is -0.325 e. The molecule has 0 saturated heterocycles.